The first-order valence-corrected chi connectivity index (χ1v) is 8.72. The maximum Gasteiger partial charge on any atom is 0.321 e. The van der Waals surface area contributed by atoms with Crippen molar-refractivity contribution in [3.63, 3.8) is 0 Å². The average Bonchev–Trinajstić information content (AvgIpc) is 2.72. The second-order valence-corrected chi connectivity index (χ2v) is 6.39. The van der Waals surface area contributed by atoms with Crippen molar-refractivity contribution >= 4 is 29.1 Å². The fourth-order valence-electron chi connectivity index (χ4n) is 3.15. The van der Waals surface area contributed by atoms with Gasteiger partial charge in [0.1, 0.15) is 11.6 Å². The molecule has 1 aromatic carbocycles. The largest absolute Gasteiger partial charge is 0.482 e. The molecule has 0 spiro atoms. The topological polar surface area (TPSA) is 90.9 Å². The Morgan fingerprint density at radius 1 is 1.19 bits per heavy atom. The number of benzene rings is 1. The van der Waals surface area contributed by atoms with Crippen molar-refractivity contribution in [1.29, 1.82) is 0 Å². The third-order valence-electron chi connectivity index (χ3n) is 4.74. The summed E-state index contributed by atoms with van der Waals surface area (Å²) in [5.41, 5.74) is 1.27. The minimum atomic E-state index is -0.167. The van der Waals surface area contributed by atoms with E-state index in [1.54, 1.807) is 48.7 Å². The molecular weight excluding hydrogens is 348 g/mol. The summed E-state index contributed by atoms with van der Waals surface area (Å²) in [4.78, 5) is 38.1. The van der Waals surface area contributed by atoms with E-state index in [1.165, 1.54) is 4.90 Å². The Labute approximate surface area is 156 Å². The van der Waals surface area contributed by atoms with Gasteiger partial charge in [-0.1, -0.05) is 0 Å². The Kier molecular flexibility index (Phi) is 4.49. The van der Waals surface area contributed by atoms with Crippen molar-refractivity contribution in [2.24, 2.45) is 0 Å². The minimum Gasteiger partial charge on any atom is -0.482 e. The Morgan fingerprint density at radius 3 is 2.74 bits per heavy atom. The number of likely N-dealkylation sites (N-methyl/N-ethyl adjacent to an activating group) is 1. The van der Waals surface area contributed by atoms with Gasteiger partial charge >= 0.3 is 6.03 Å². The smallest absolute Gasteiger partial charge is 0.321 e. The number of anilines is 3. The van der Waals surface area contributed by atoms with Crippen LogP contribution in [0.3, 0.4) is 0 Å². The van der Waals surface area contributed by atoms with E-state index in [9.17, 15) is 9.59 Å². The van der Waals surface area contributed by atoms with Crippen LogP contribution in [0.1, 0.15) is 0 Å². The van der Waals surface area contributed by atoms with E-state index in [0.29, 0.717) is 43.3 Å². The molecule has 0 atom stereocenters. The molecule has 0 bridgehead atoms. The third-order valence-corrected chi connectivity index (χ3v) is 4.74. The second kappa shape index (κ2) is 7.10. The summed E-state index contributed by atoms with van der Waals surface area (Å²) in [6.07, 6.45) is 5.03. The van der Waals surface area contributed by atoms with Gasteiger partial charge in [0, 0.05) is 51.3 Å². The zero-order chi connectivity index (χ0) is 18.8. The maximum absolute atomic E-state index is 12.6. The lowest BCUT2D eigenvalue weighted by atomic mass is 10.2. The number of carbonyl (C=O) groups excluding carboxylic acids is 2. The highest BCUT2D eigenvalue weighted by atomic mass is 16.5. The van der Waals surface area contributed by atoms with Crippen LogP contribution < -0.4 is 19.9 Å². The Balaban J connectivity index is 1.38. The average molecular weight is 368 g/mol. The molecular formula is C18H20N6O3. The van der Waals surface area contributed by atoms with Crippen LogP contribution in [-0.4, -0.2) is 66.6 Å². The molecule has 0 unspecified atom stereocenters. The summed E-state index contributed by atoms with van der Waals surface area (Å²) in [6.45, 7) is 2.61. The van der Waals surface area contributed by atoms with Gasteiger partial charge in [-0.25, -0.2) is 9.78 Å². The standard InChI is InChI=1S/C18H20N6O3/c1-22-14-10-13(2-3-15(14)27-12-17(22)25)21-18(26)24-8-6-23(7-9-24)16-11-19-4-5-20-16/h2-5,10-11H,6-9,12H2,1H3,(H,21,26). The quantitative estimate of drug-likeness (QED) is 0.856. The number of hydrogen-bond acceptors (Lipinski definition) is 6. The van der Waals surface area contributed by atoms with E-state index in [2.05, 4.69) is 20.2 Å². The molecule has 2 aliphatic heterocycles. The zero-order valence-corrected chi connectivity index (χ0v) is 15.0. The van der Waals surface area contributed by atoms with E-state index < -0.39 is 0 Å². The summed E-state index contributed by atoms with van der Waals surface area (Å²) >= 11 is 0. The summed E-state index contributed by atoms with van der Waals surface area (Å²) in [5.74, 6) is 1.33. The van der Waals surface area contributed by atoms with Crippen molar-refractivity contribution < 1.29 is 14.3 Å². The Morgan fingerprint density at radius 2 is 2.00 bits per heavy atom. The van der Waals surface area contributed by atoms with Crippen LogP contribution in [0.25, 0.3) is 0 Å². The number of urea groups is 1. The van der Waals surface area contributed by atoms with Gasteiger partial charge in [-0.15, -0.1) is 0 Å². The van der Waals surface area contributed by atoms with E-state index in [-0.39, 0.29) is 18.5 Å². The molecule has 0 saturated carbocycles. The molecule has 140 valence electrons. The van der Waals surface area contributed by atoms with Crippen molar-refractivity contribution in [2.45, 2.75) is 0 Å². The first kappa shape index (κ1) is 17.1. The van der Waals surface area contributed by atoms with E-state index in [0.717, 1.165) is 5.82 Å². The van der Waals surface area contributed by atoms with Crippen LogP contribution in [0, 0.1) is 0 Å². The second-order valence-electron chi connectivity index (χ2n) is 6.39. The number of nitrogens with one attached hydrogen (secondary N) is 1. The number of hydrogen-bond donors (Lipinski definition) is 1. The van der Waals surface area contributed by atoms with Gasteiger partial charge in [-0.05, 0) is 18.2 Å². The highest BCUT2D eigenvalue weighted by Gasteiger charge is 2.24. The van der Waals surface area contributed by atoms with Crippen LogP contribution in [-0.2, 0) is 4.79 Å². The van der Waals surface area contributed by atoms with Crippen LogP contribution >= 0.6 is 0 Å². The summed E-state index contributed by atoms with van der Waals surface area (Å²) in [7, 11) is 1.70. The Hall–Kier alpha value is -3.36. The number of ether oxygens (including phenoxy) is 1. The number of amides is 3. The van der Waals surface area contributed by atoms with Gasteiger partial charge in [0.05, 0.1) is 11.9 Å². The fraction of sp³-hybridized carbons (Fsp3) is 0.333. The molecule has 27 heavy (non-hydrogen) atoms. The van der Waals surface area contributed by atoms with Gasteiger partial charge in [0.15, 0.2) is 6.61 Å². The van der Waals surface area contributed by atoms with E-state index in [1.807, 2.05) is 0 Å². The lowest BCUT2D eigenvalue weighted by molar-refractivity contribution is -0.120. The normalized spacial score (nSPS) is 16.6. The lowest BCUT2D eigenvalue weighted by Gasteiger charge is -2.35. The monoisotopic (exact) mass is 368 g/mol. The molecule has 2 aromatic rings. The van der Waals surface area contributed by atoms with Gasteiger partial charge in [-0.2, -0.15) is 0 Å². The molecule has 4 rings (SSSR count). The van der Waals surface area contributed by atoms with Gasteiger partial charge in [0.25, 0.3) is 5.91 Å². The lowest BCUT2D eigenvalue weighted by Crippen LogP contribution is -2.50. The van der Waals surface area contributed by atoms with Gasteiger partial charge < -0.3 is 24.8 Å². The van der Waals surface area contributed by atoms with E-state index in [4.69, 9.17) is 4.74 Å². The Bertz CT molecular complexity index is 851. The molecule has 0 aliphatic carbocycles. The SMILES string of the molecule is CN1C(=O)COc2ccc(NC(=O)N3CCN(c4cnccn4)CC3)cc21. The molecule has 3 amide bonds. The van der Waals surface area contributed by atoms with Crippen LogP contribution in [0.2, 0.25) is 0 Å². The number of carbonyl (C=O) groups is 2. The first-order valence-electron chi connectivity index (χ1n) is 8.72. The predicted octanol–water partition coefficient (Wildman–Crippen LogP) is 1.19. The molecule has 2 aliphatic rings. The van der Waals surface area contributed by atoms with Gasteiger partial charge in [-0.3, -0.25) is 9.78 Å². The van der Waals surface area contributed by atoms with Crippen LogP contribution in [0.15, 0.2) is 36.8 Å². The van der Waals surface area contributed by atoms with Gasteiger partial charge in [0.2, 0.25) is 0 Å². The molecule has 1 aromatic heterocycles. The maximum atomic E-state index is 12.6. The third kappa shape index (κ3) is 3.48. The zero-order valence-electron chi connectivity index (χ0n) is 15.0. The molecule has 1 saturated heterocycles. The summed E-state index contributed by atoms with van der Waals surface area (Å²) in [5, 5.41) is 2.90. The number of fused-ring (bicyclic) bond motifs is 1. The summed E-state index contributed by atoms with van der Waals surface area (Å²) in [6, 6.07) is 5.12. The predicted molar refractivity (Wildman–Crippen MR) is 100 cm³/mol. The van der Waals surface area contributed by atoms with Crippen LogP contribution in [0.5, 0.6) is 5.75 Å². The van der Waals surface area contributed by atoms with Crippen LogP contribution in [0.4, 0.5) is 22.0 Å². The molecule has 3 heterocycles. The minimum absolute atomic E-state index is 0.0330. The number of nitrogens with zero attached hydrogens (tertiary/aromatic N) is 5. The molecule has 9 heteroatoms. The highest BCUT2D eigenvalue weighted by molar-refractivity contribution is 5.99. The van der Waals surface area contributed by atoms with E-state index >= 15 is 0 Å². The number of piperazine rings is 1. The first-order chi connectivity index (χ1) is 13.1. The van der Waals surface area contributed by atoms with Crippen molar-refractivity contribution in [3.05, 3.63) is 36.8 Å². The number of rotatable bonds is 2. The molecule has 0 radical (unpaired) electrons. The summed E-state index contributed by atoms with van der Waals surface area (Å²) < 4.78 is 5.41. The van der Waals surface area contributed by atoms with Crippen molar-refractivity contribution in [3.8, 4) is 5.75 Å². The number of aromatic nitrogens is 2. The molecule has 1 fully saturated rings. The molecule has 9 nitrogen and oxygen atoms in total. The fourth-order valence-corrected chi connectivity index (χ4v) is 3.15. The highest BCUT2D eigenvalue weighted by Crippen LogP contribution is 2.33. The van der Waals surface area contributed by atoms with Crippen molar-refractivity contribution in [2.75, 3.05) is 55.0 Å². The van der Waals surface area contributed by atoms with Crippen molar-refractivity contribution in [1.82, 2.24) is 14.9 Å². The molecule has 1 N–H and O–H groups in total.